The molecule has 0 fully saturated rings. The second kappa shape index (κ2) is 6.65. The van der Waals surface area contributed by atoms with Crippen molar-refractivity contribution >= 4 is 11.8 Å². The predicted octanol–water partition coefficient (Wildman–Crippen LogP) is 0.745. The topological polar surface area (TPSA) is 49.7 Å². The zero-order chi connectivity index (χ0) is 10.3. The number of hydrogen-bond donors (Lipinski definition) is 2. The Hall–Kier alpha value is 0.230. The highest BCUT2D eigenvalue weighted by atomic mass is 32.2. The molecule has 2 N–H and O–H groups in total. The molecule has 0 aliphatic carbocycles. The van der Waals surface area contributed by atoms with E-state index in [1.165, 1.54) is 0 Å². The minimum Gasteiger partial charge on any atom is -0.396 e. The van der Waals surface area contributed by atoms with Crippen LogP contribution in [0.25, 0.3) is 0 Å². The number of aliphatic hydroxyl groups excluding tert-OH is 2. The predicted molar refractivity (Wildman–Crippen MR) is 56.1 cm³/mol. The lowest BCUT2D eigenvalue weighted by Gasteiger charge is -2.21. The molecule has 1 unspecified atom stereocenters. The fraction of sp³-hybridized carbons (Fsp3) is 1.00. The average molecular weight is 208 g/mol. The van der Waals surface area contributed by atoms with Crippen molar-refractivity contribution in [1.82, 2.24) is 0 Å². The van der Waals surface area contributed by atoms with E-state index in [1.807, 2.05) is 13.8 Å². The highest BCUT2D eigenvalue weighted by Crippen LogP contribution is 2.21. The van der Waals surface area contributed by atoms with E-state index >= 15 is 0 Å². The van der Waals surface area contributed by atoms with Crippen molar-refractivity contribution in [2.24, 2.45) is 5.41 Å². The summed E-state index contributed by atoms with van der Waals surface area (Å²) in [6.07, 6.45) is -0.399. The van der Waals surface area contributed by atoms with Crippen molar-refractivity contribution in [1.29, 1.82) is 0 Å². The molecule has 0 aliphatic heterocycles. The minimum absolute atomic E-state index is 0.0581. The van der Waals surface area contributed by atoms with Gasteiger partial charge >= 0.3 is 0 Å². The molecule has 13 heavy (non-hydrogen) atoms. The quantitative estimate of drug-likeness (QED) is 0.648. The molecule has 0 aromatic carbocycles. The largest absolute Gasteiger partial charge is 0.396 e. The summed E-state index contributed by atoms with van der Waals surface area (Å²) in [5.74, 6) is 1.52. The van der Waals surface area contributed by atoms with Crippen molar-refractivity contribution in [3.63, 3.8) is 0 Å². The fourth-order valence-corrected chi connectivity index (χ4v) is 1.89. The molecule has 0 bridgehead atoms. The third-order valence-electron chi connectivity index (χ3n) is 1.59. The maximum atomic E-state index is 9.31. The van der Waals surface area contributed by atoms with Gasteiger partial charge in [-0.2, -0.15) is 11.8 Å². The maximum Gasteiger partial charge on any atom is 0.0863 e. The third kappa shape index (κ3) is 7.31. The van der Waals surface area contributed by atoms with Gasteiger partial charge in [0.25, 0.3) is 0 Å². The standard InChI is InChI=1S/C9H20O3S/c1-9(2,6-10)7-13-5-8(11)4-12-3/h8,10-11H,4-7H2,1-3H3. The third-order valence-corrected chi connectivity index (χ3v) is 3.20. The lowest BCUT2D eigenvalue weighted by molar-refractivity contribution is 0.0793. The summed E-state index contributed by atoms with van der Waals surface area (Å²) in [7, 11) is 1.57. The Labute approximate surface area is 84.5 Å². The van der Waals surface area contributed by atoms with Gasteiger partial charge in [-0.3, -0.25) is 0 Å². The molecule has 0 amide bonds. The first-order chi connectivity index (χ1) is 6.02. The summed E-state index contributed by atoms with van der Waals surface area (Å²) in [6, 6.07) is 0. The normalized spacial score (nSPS) is 14.5. The molecule has 1 atom stereocenters. The van der Waals surface area contributed by atoms with Gasteiger partial charge in [-0.1, -0.05) is 13.8 Å². The summed E-state index contributed by atoms with van der Waals surface area (Å²) < 4.78 is 4.80. The van der Waals surface area contributed by atoms with E-state index < -0.39 is 6.10 Å². The van der Waals surface area contributed by atoms with Crippen molar-refractivity contribution in [3.8, 4) is 0 Å². The molecule has 4 heteroatoms. The molecule has 0 spiro atoms. The van der Waals surface area contributed by atoms with E-state index in [1.54, 1.807) is 18.9 Å². The van der Waals surface area contributed by atoms with Gasteiger partial charge in [0.2, 0.25) is 0 Å². The molecule has 0 aromatic rings. The molecule has 0 rings (SSSR count). The van der Waals surface area contributed by atoms with E-state index in [-0.39, 0.29) is 12.0 Å². The second-order valence-electron chi connectivity index (χ2n) is 3.95. The van der Waals surface area contributed by atoms with E-state index in [2.05, 4.69) is 0 Å². The van der Waals surface area contributed by atoms with Crippen LogP contribution in [0, 0.1) is 5.41 Å². The van der Waals surface area contributed by atoms with Crippen molar-refractivity contribution in [3.05, 3.63) is 0 Å². The smallest absolute Gasteiger partial charge is 0.0863 e. The zero-order valence-corrected chi connectivity index (χ0v) is 9.43. The van der Waals surface area contributed by atoms with Crippen LogP contribution in [-0.2, 0) is 4.74 Å². The molecule has 80 valence electrons. The van der Waals surface area contributed by atoms with Crippen LogP contribution in [0.5, 0.6) is 0 Å². The number of rotatable bonds is 7. The van der Waals surface area contributed by atoms with Crippen LogP contribution in [0.2, 0.25) is 0 Å². The monoisotopic (exact) mass is 208 g/mol. The summed E-state index contributed by atoms with van der Waals surface area (Å²) >= 11 is 1.64. The number of thioether (sulfide) groups is 1. The lowest BCUT2D eigenvalue weighted by atomic mass is 9.98. The Balaban J connectivity index is 3.44. The first-order valence-electron chi connectivity index (χ1n) is 4.37. The van der Waals surface area contributed by atoms with Gasteiger partial charge in [0.15, 0.2) is 0 Å². The molecule has 0 radical (unpaired) electrons. The summed E-state index contributed by atoms with van der Waals surface area (Å²) in [5, 5.41) is 18.3. The van der Waals surface area contributed by atoms with Crippen molar-refractivity contribution in [2.75, 3.05) is 31.8 Å². The highest BCUT2D eigenvalue weighted by molar-refractivity contribution is 7.99. The number of ether oxygens (including phenoxy) is 1. The highest BCUT2D eigenvalue weighted by Gasteiger charge is 2.16. The van der Waals surface area contributed by atoms with Gasteiger partial charge in [0.1, 0.15) is 0 Å². The van der Waals surface area contributed by atoms with Gasteiger partial charge in [0.05, 0.1) is 12.7 Å². The molecule has 0 heterocycles. The summed E-state index contributed by atoms with van der Waals surface area (Å²) in [5.41, 5.74) is -0.0581. The van der Waals surface area contributed by atoms with Gasteiger partial charge in [-0.05, 0) is 5.41 Å². The Morgan fingerprint density at radius 3 is 2.54 bits per heavy atom. The van der Waals surface area contributed by atoms with Crippen LogP contribution < -0.4 is 0 Å². The van der Waals surface area contributed by atoms with Crippen LogP contribution in [0.15, 0.2) is 0 Å². The van der Waals surface area contributed by atoms with E-state index in [9.17, 15) is 5.11 Å². The fourth-order valence-electron chi connectivity index (χ4n) is 0.757. The number of aliphatic hydroxyl groups is 2. The minimum atomic E-state index is -0.399. The first kappa shape index (κ1) is 13.2. The van der Waals surface area contributed by atoms with E-state index in [0.717, 1.165) is 5.75 Å². The van der Waals surface area contributed by atoms with Gasteiger partial charge in [0, 0.05) is 25.2 Å². The van der Waals surface area contributed by atoms with Gasteiger partial charge in [-0.15, -0.1) is 0 Å². The van der Waals surface area contributed by atoms with Gasteiger partial charge < -0.3 is 14.9 Å². The van der Waals surface area contributed by atoms with Crippen LogP contribution in [0.4, 0.5) is 0 Å². The second-order valence-corrected chi connectivity index (χ2v) is 4.98. The van der Waals surface area contributed by atoms with Crippen molar-refractivity contribution < 1.29 is 14.9 Å². The molecule has 0 saturated carbocycles. The zero-order valence-electron chi connectivity index (χ0n) is 8.62. The Kier molecular flexibility index (Phi) is 6.77. The summed E-state index contributed by atoms with van der Waals surface area (Å²) in [4.78, 5) is 0. The molecule has 0 saturated heterocycles. The van der Waals surface area contributed by atoms with Crippen LogP contribution in [0.3, 0.4) is 0 Å². The Morgan fingerprint density at radius 2 is 2.08 bits per heavy atom. The van der Waals surface area contributed by atoms with Gasteiger partial charge in [-0.25, -0.2) is 0 Å². The lowest BCUT2D eigenvalue weighted by Crippen LogP contribution is -2.22. The molecular formula is C9H20O3S. The molecule has 0 aromatic heterocycles. The SMILES string of the molecule is COCC(O)CSCC(C)(C)CO. The molecule has 3 nitrogen and oxygen atoms in total. The van der Waals surface area contributed by atoms with Crippen LogP contribution in [-0.4, -0.2) is 48.1 Å². The maximum absolute atomic E-state index is 9.31. The average Bonchev–Trinajstić information content (AvgIpc) is 2.05. The first-order valence-corrected chi connectivity index (χ1v) is 5.53. The number of methoxy groups -OCH3 is 1. The Bertz CT molecular complexity index is 128. The summed E-state index contributed by atoms with van der Waals surface area (Å²) in [6.45, 7) is 4.57. The van der Waals surface area contributed by atoms with Crippen molar-refractivity contribution in [2.45, 2.75) is 20.0 Å². The van der Waals surface area contributed by atoms with E-state index in [0.29, 0.717) is 12.4 Å². The Morgan fingerprint density at radius 1 is 1.46 bits per heavy atom. The van der Waals surface area contributed by atoms with Crippen LogP contribution >= 0.6 is 11.8 Å². The van der Waals surface area contributed by atoms with Crippen LogP contribution in [0.1, 0.15) is 13.8 Å². The molecule has 0 aliphatic rings. The molecular weight excluding hydrogens is 188 g/mol. The number of hydrogen-bond acceptors (Lipinski definition) is 4. The van der Waals surface area contributed by atoms with E-state index in [4.69, 9.17) is 9.84 Å².